The number of sulfonamides is 1. The minimum absolute atomic E-state index is 0.160. The summed E-state index contributed by atoms with van der Waals surface area (Å²) < 4.78 is 27.5. The quantitative estimate of drug-likeness (QED) is 0.689. The molecule has 0 atom stereocenters. The number of piperidine rings is 1. The molecule has 0 bridgehead atoms. The van der Waals surface area contributed by atoms with Crippen LogP contribution >= 0.6 is 0 Å². The number of aromatic nitrogens is 2. The molecular formula is C20H24N4O3S. The normalized spacial score (nSPS) is 15.4. The van der Waals surface area contributed by atoms with Gasteiger partial charge in [0.15, 0.2) is 0 Å². The molecule has 1 aromatic heterocycles. The van der Waals surface area contributed by atoms with Crippen LogP contribution in [0.15, 0.2) is 52.2 Å². The Bertz CT molecular complexity index is 1140. The minimum atomic E-state index is -3.69. The van der Waals surface area contributed by atoms with E-state index in [4.69, 9.17) is 0 Å². The van der Waals surface area contributed by atoms with Crippen molar-refractivity contribution in [3.8, 4) is 0 Å². The Morgan fingerprint density at radius 2 is 1.71 bits per heavy atom. The zero-order valence-corrected chi connectivity index (χ0v) is 16.6. The number of imidazole rings is 1. The highest BCUT2D eigenvalue weighted by molar-refractivity contribution is 7.89. The lowest BCUT2D eigenvalue weighted by Crippen LogP contribution is -2.32. The van der Waals surface area contributed by atoms with Gasteiger partial charge in [-0.05, 0) is 49.1 Å². The fourth-order valence-corrected chi connectivity index (χ4v) is 4.94. The number of rotatable bonds is 5. The molecule has 2 heterocycles. The van der Waals surface area contributed by atoms with Gasteiger partial charge in [-0.3, -0.25) is 0 Å². The molecule has 148 valence electrons. The van der Waals surface area contributed by atoms with E-state index in [2.05, 4.69) is 20.9 Å². The van der Waals surface area contributed by atoms with Crippen LogP contribution in [0.3, 0.4) is 0 Å². The Hall–Kier alpha value is -2.58. The van der Waals surface area contributed by atoms with Gasteiger partial charge < -0.3 is 14.9 Å². The molecule has 4 rings (SSSR count). The third kappa shape index (κ3) is 3.57. The molecule has 1 saturated heterocycles. The third-order valence-electron chi connectivity index (χ3n) is 5.28. The minimum Gasteiger partial charge on any atom is -0.371 e. The van der Waals surface area contributed by atoms with Gasteiger partial charge >= 0.3 is 5.69 Å². The van der Waals surface area contributed by atoms with Gasteiger partial charge in [-0.2, -0.15) is 4.31 Å². The molecule has 3 aromatic rings. The van der Waals surface area contributed by atoms with Crippen molar-refractivity contribution in [2.45, 2.75) is 30.7 Å². The van der Waals surface area contributed by atoms with Crippen LogP contribution in [0.4, 0.5) is 5.69 Å². The maximum absolute atomic E-state index is 13.1. The number of nitrogens with zero attached hydrogens (tertiary/aromatic N) is 2. The third-order valence-corrected chi connectivity index (χ3v) is 7.08. The Balaban J connectivity index is 1.62. The number of hydrogen-bond acceptors (Lipinski definition) is 4. The number of aromatic amines is 2. The molecule has 2 N–H and O–H groups in total. The molecule has 0 radical (unpaired) electrons. The molecule has 7 nitrogen and oxygen atoms in total. The molecule has 1 aliphatic heterocycles. The highest BCUT2D eigenvalue weighted by atomic mass is 32.2. The van der Waals surface area contributed by atoms with E-state index in [0.717, 1.165) is 37.2 Å². The van der Waals surface area contributed by atoms with Crippen molar-refractivity contribution in [3.63, 3.8) is 0 Å². The first-order valence-electron chi connectivity index (χ1n) is 9.46. The highest BCUT2D eigenvalue weighted by Gasteiger charge is 2.23. The van der Waals surface area contributed by atoms with Gasteiger partial charge in [-0.15, -0.1) is 0 Å². The Morgan fingerprint density at radius 3 is 2.50 bits per heavy atom. The molecule has 1 aliphatic rings. The zero-order valence-electron chi connectivity index (χ0n) is 15.8. The van der Waals surface area contributed by atoms with Gasteiger partial charge in [0.05, 0.1) is 15.9 Å². The summed E-state index contributed by atoms with van der Waals surface area (Å²) in [4.78, 5) is 19.2. The van der Waals surface area contributed by atoms with E-state index in [9.17, 15) is 13.2 Å². The number of benzene rings is 2. The number of para-hydroxylation sites is 1. The van der Waals surface area contributed by atoms with E-state index in [-0.39, 0.29) is 17.1 Å². The van der Waals surface area contributed by atoms with Crippen molar-refractivity contribution in [3.05, 3.63) is 58.5 Å². The summed E-state index contributed by atoms with van der Waals surface area (Å²) in [6.07, 6.45) is 3.57. The van der Waals surface area contributed by atoms with Crippen LogP contribution < -0.4 is 10.6 Å². The summed E-state index contributed by atoms with van der Waals surface area (Å²) in [7, 11) is -2.10. The van der Waals surface area contributed by atoms with Crippen molar-refractivity contribution in [2.75, 3.05) is 25.0 Å². The first kappa shape index (κ1) is 18.8. The van der Waals surface area contributed by atoms with E-state index in [1.807, 2.05) is 18.2 Å². The average Bonchev–Trinajstić information content (AvgIpc) is 3.08. The fraction of sp³-hybridized carbons (Fsp3) is 0.350. The first-order chi connectivity index (χ1) is 13.4. The second kappa shape index (κ2) is 7.44. The summed E-state index contributed by atoms with van der Waals surface area (Å²) in [5.74, 6) is 0. The van der Waals surface area contributed by atoms with Crippen LogP contribution in [0.1, 0.15) is 24.8 Å². The summed E-state index contributed by atoms with van der Waals surface area (Å²) in [6, 6.07) is 12.6. The monoisotopic (exact) mass is 400 g/mol. The van der Waals surface area contributed by atoms with Crippen LogP contribution in [-0.2, 0) is 16.6 Å². The highest BCUT2D eigenvalue weighted by Crippen LogP contribution is 2.27. The molecule has 0 unspecified atom stereocenters. The zero-order chi connectivity index (χ0) is 19.7. The van der Waals surface area contributed by atoms with Crippen molar-refractivity contribution in [1.82, 2.24) is 14.3 Å². The van der Waals surface area contributed by atoms with Crippen molar-refractivity contribution >= 4 is 26.7 Å². The number of hydrogen-bond donors (Lipinski definition) is 2. The lowest BCUT2D eigenvalue weighted by molar-refractivity contribution is 0.466. The van der Waals surface area contributed by atoms with Gasteiger partial charge in [0.25, 0.3) is 0 Å². The lowest BCUT2D eigenvalue weighted by atomic mass is 10.1. The Morgan fingerprint density at radius 1 is 1.00 bits per heavy atom. The van der Waals surface area contributed by atoms with E-state index in [1.54, 1.807) is 13.1 Å². The standard InChI is InChI=1S/C20H24N4O3S/c1-23(14-15-7-3-4-8-19(15)24-11-5-2-6-12-24)28(26,27)16-9-10-17-18(13-16)22-20(25)21-17/h3-4,7-10,13H,2,5-6,11-12,14H2,1H3,(H2,21,22,25). The van der Waals surface area contributed by atoms with Crippen LogP contribution in [0.25, 0.3) is 11.0 Å². The van der Waals surface area contributed by atoms with Crippen molar-refractivity contribution < 1.29 is 8.42 Å². The predicted octanol–water partition coefficient (Wildman–Crippen LogP) is 2.67. The molecule has 0 amide bonds. The Kier molecular flexibility index (Phi) is 4.99. The van der Waals surface area contributed by atoms with Crippen LogP contribution in [0, 0.1) is 0 Å². The predicted molar refractivity (Wildman–Crippen MR) is 110 cm³/mol. The van der Waals surface area contributed by atoms with Gasteiger partial charge in [-0.1, -0.05) is 18.2 Å². The summed E-state index contributed by atoms with van der Waals surface area (Å²) in [5, 5.41) is 0. The van der Waals surface area contributed by atoms with Gasteiger partial charge in [-0.25, -0.2) is 13.2 Å². The van der Waals surface area contributed by atoms with Gasteiger partial charge in [0.2, 0.25) is 10.0 Å². The van der Waals surface area contributed by atoms with Crippen molar-refractivity contribution in [1.29, 1.82) is 0 Å². The second-order valence-corrected chi connectivity index (χ2v) is 9.27. The Labute approximate surface area is 164 Å². The molecule has 0 spiro atoms. The van der Waals surface area contributed by atoms with Gasteiger partial charge in [0.1, 0.15) is 0 Å². The molecule has 28 heavy (non-hydrogen) atoms. The second-order valence-electron chi connectivity index (χ2n) is 7.22. The summed E-state index contributed by atoms with van der Waals surface area (Å²) in [5.41, 5.74) is 2.81. The van der Waals surface area contributed by atoms with Crippen molar-refractivity contribution in [2.24, 2.45) is 0 Å². The van der Waals surface area contributed by atoms with E-state index < -0.39 is 10.0 Å². The number of anilines is 1. The molecular weight excluding hydrogens is 376 g/mol. The largest absolute Gasteiger partial charge is 0.371 e. The van der Waals surface area contributed by atoms with Crippen LogP contribution in [0.5, 0.6) is 0 Å². The number of H-pyrrole nitrogens is 2. The van der Waals surface area contributed by atoms with E-state index in [1.165, 1.54) is 22.9 Å². The van der Waals surface area contributed by atoms with E-state index >= 15 is 0 Å². The maximum atomic E-state index is 13.1. The smallest absolute Gasteiger partial charge is 0.323 e. The first-order valence-corrected chi connectivity index (χ1v) is 10.9. The van der Waals surface area contributed by atoms with Crippen LogP contribution in [0.2, 0.25) is 0 Å². The molecule has 0 saturated carbocycles. The molecule has 1 fully saturated rings. The number of fused-ring (bicyclic) bond motifs is 1. The average molecular weight is 401 g/mol. The number of nitrogens with one attached hydrogen (secondary N) is 2. The van der Waals surface area contributed by atoms with Crippen LogP contribution in [-0.4, -0.2) is 42.8 Å². The van der Waals surface area contributed by atoms with E-state index in [0.29, 0.717) is 11.0 Å². The molecule has 2 aromatic carbocycles. The topological polar surface area (TPSA) is 89.3 Å². The molecule has 8 heteroatoms. The maximum Gasteiger partial charge on any atom is 0.323 e. The molecule has 0 aliphatic carbocycles. The lowest BCUT2D eigenvalue weighted by Gasteiger charge is -2.31. The van der Waals surface area contributed by atoms with Gasteiger partial charge in [0, 0.05) is 32.4 Å². The fourth-order valence-electron chi connectivity index (χ4n) is 3.76. The summed E-state index contributed by atoms with van der Waals surface area (Å²) in [6.45, 7) is 2.30. The SMILES string of the molecule is CN(Cc1ccccc1N1CCCCC1)S(=O)(=O)c1ccc2[nH]c(=O)[nH]c2c1. The summed E-state index contributed by atoms with van der Waals surface area (Å²) >= 11 is 0.